The minimum atomic E-state index is 0.150. The predicted molar refractivity (Wildman–Crippen MR) is 164 cm³/mol. The van der Waals surface area contributed by atoms with Gasteiger partial charge in [-0.1, -0.05) is 109 Å². The molecule has 1 aliphatic carbocycles. The van der Waals surface area contributed by atoms with E-state index in [4.69, 9.17) is 0 Å². The Balaban J connectivity index is 1.29. The van der Waals surface area contributed by atoms with Crippen LogP contribution < -0.4 is 15.9 Å². The van der Waals surface area contributed by atoms with Gasteiger partial charge in [0.25, 0.3) is 0 Å². The summed E-state index contributed by atoms with van der Waals surface area (Å²) in [6.07, 6.45) is 15.9. The fraction of sp³-hybridized carbons (Fsp3) is 0.108. The highest BCUT2D eigenvalue weighted by Gasteiger charge is 2.23. The minimum absolute atomic E-state index is 0.150. The van der Waals surface area contributed by atoms with Gasteiger partial charge < -0.3 is 5.32 Å². The van der Waals surface area contributed by atoms with Crippen LogP contribution in [0.25, 0.3) is 11.1 Å². The van der Waals surface area contributed by atoms with Gasteiger partial charge in [-0.2, -0.15) is 0 Å². The second-order valence-electron chi connectivity index (χ2n) is 10.2. The average Bonchev–Trinajstić information content (AvgIpc) is 2.98. The molecule has 2 heteroatoms. The Kier molecular flexibility index (Phi) is 7.18. The van der Waals surface area contributed by atoms with Crippen LogP contribution in [-0.4, -0.2) is 6.04 Å². The molecule has 0 aromatic heterocycles. The Hall–Kier alpha value is -4.69. The molecular weight excluding hydrogens is 472 g/mol. The van der Waals surface area contributed by atoms with Crippen molar-refractivity contribution in [3.63, 3.8) is 0 Å². The third kappa shape index (κ3) is 5.76. The molecule has 190 valence electrons. The van der Waals surface area contributed by atoms with Crippen molar-refractivity contribution in [2.75, 3.05) is 5.32 Å². The SMILES string of the molecule is CC1=c2/cc(C3=CC(c4ccccc4)C(Nc4ccc(Cc5ccccc5)cc4)C=C3)cc/c2=N/C=C/C=C\1. The standard InChI is InChI=1S/C37H32N2/c1-27-10-8-9-23-38-36-21-17-31(25-34(27)36)32-18-22-37(35(26-32)30-13-6-3-7-14-30)39-33-19-15-29(16-20-33)24-28-11-4-2-5-12-28/h2-23,25-26,35,37,39H,24H2,1H3/b9-8?,10-8-,23-9+,27-10?,34-27+,38-23?,38-36-. The van der Waals surface area contributed by atoms with Crippen LogP contribution >= 0.6 is 0 Å². The van der Waals surface area contributed by atoms with Crippen LogP contribution in [0.4, 0.5) is 5.69 Å². The number of nitrogens with zero attached hydrogens (tertiary/aromatic N) is 1. The Morgan fingerprint density at radius 2 is 1.49 bits per heavy atom. The van der Waals surface area contributed by atoms with E-state index in [0.717, 1.165) is 17.5 Å². The molecule has 4 aromatic rings. The van der Waals surface area contributed by atoms with E-state index in [1.54, 1.807) is 0 Å². The zero-order valence-corrected chi connectivity index (χ0v) is 22.2. The molecule has 0 saturated heterocycles. The van der Waals surface area contributed by atoms with Crippen LogP contribution in [0.5, 0.6) is 0 Å². The quantitative estimate of drug-likeness (QED) is 0.291. The zero-order chi connectivity index (χ0) is 26.4. The maximum Gasteiger partial charge on any atom is 0.0705 e. The van der Waals surface area contributed by atoms with Crippen LogP contribution in [0.1, 0.15) is 35.1 Å². The van der Waals surface area contributed by atoms with E-state index in [9.17, 15) is 0 Å². The third-order valence-corrected chi connectivity index (χ3v) is 7.46. The second kappa shape index (κ2) is 11.4. The van der Waals surface area contributed by atoms with Crippen LogP contribution in [0.2, 0.25) is 0 Å². The maximum absolute atomic E-state index is 4.63. The minimum Gasteiger partial charge on any atom is -0.378 e. The molecule has 2 atom stereocenters. The predicted octanol–water partition coefficient (Wildman–Crippen LogP) is 7.37. The number of nitrogens with one attached hydrogen (secondary N) is 1. The monoisotopic (exact) mass is 504 g/mol. The maximum atomic E-state index is 4.63. The normalized spacial score (nSPS) is 21.9. The number of anilines is 1. The summed E-state index contributed by atoms with van der Waals surface area (Å²) in [7, 11) is 0. The van der Waals surface area contributed by atoms with Crippen molar-refractivity contribution in [2.24, 2.45) is 4.99 Å². The molecule has 0 spiro atoms. The number of rotatable bonds is 6. The summed E-state index contributed by atoms with van der Waals surface area (Å²) >= 11 is 0. The fourth-order valence-electron chi connectivity index (χ4n) is 5.34. The van der Waals surface area contributed by atoms with Crippen molar-refractivity contribution in [2.45, 2.75) is 25.3 Å². The zero-order valence-electron chi connectivity index (χ0n) is 22.2. The molecule has 0 amide bonds. The van der Waals surface area contributed by atoms with Gasteiger partial charge in [-0.25, -0.2) is 0 Å². The first-order chi connectivity index (χ1) is 19.2. The molecule has 0 fully saturated rings. The number of hydrogen-bond donors (Lipinski definition) is 1. The largest absolute Gasteiger partial charge is 0.378 e. The van der Waals surface area contributed by atoms with E-state index in [1.165, 1.54) is 38.6 Å². The molecule has 4 aromatic carbocycles. The average molecular weight is 505 g/mol. The van der Waals surface area contributed by atoms with Gasteiger partial charge in [0.1, 0.15) is 0 Å². The van der Waals surface area contributed by atoms with Crippen LogP contribution in [-0.2, 0) is 6.42 Å². The van der Waals surface area contributed by atoms with Crippen molar-refractivity contribution in [1.29, 1.82) is 0 Å². The summed E-state index contributed by atoms with van der Waals surface area (Å²) < 4.78 is 0. The molecule has 0 bridgehead atoms. The highest BCUT2D eigenvalue weighted by Crippen LogP contribution is 2.33. The van der Waals surface area contributed by atoms with Gasteiger partial charge in [0, 0.05) is 23.0 Å². The summed E-state index contributed by atoms with van der Waals surface area (Å²) in [6.45, 7) is 2.15. The summed E-state index contributed by atoms with van der Waals surface area (Å²) in [6, 6.07) is 37.0. The van der Waals surface area contributed by atoms with E-state index < -0.39 is 0 Å². The lowest BCUT2D eigenvalue weighted by Crippen LogP contribution is -2.28. The topological polar surface area (TPSA) is 24.4 Å². The number of allylic oxidation sites excluding steroid dienone is 5. The fourth-order valence-corrected chi connectivity index (χ4v) is 5.34. The van der Waals surface area contributed by atoms with Gasteiger partial charge in [0.2, 0.25) is 0 Å². The van der Waals surface area contributed by atoms with Gasteiger partial charge in [0.15, 0.2) is 0 Å². The summed E-state index contributed by atoms with van der Waals surface area (Å²) in [5, 5.41) is 5.98. The van der Waals surface area contributed by atoms with Gasteiger partial charge in [0.05, 0.1) is 11.4 Å². The smallest absolute Gasteiger partial charge is 0.0705 e. The van der Waals surface area contributed by atoms with Crippen LogP contribution in [0, 0.1) is 0 Å². The first kappa shape index (κ1) is 24.6. The molecule has 39 heavy (non-hydrogen) atoms. The highest BCUT2D eigenvalue weighted by atomic mass is 14.9. The molecular formula is C37H32N2. The third-order valence-electron chi connectivity index (χ3n) is 7.46. The number of benzene rings is 4. The summed E-state index contributed by atoms with van der Waals surface area (Å²) in [4.78, 5) is 4.63. The second-order valence-corrected chi connectivity index (χ2v) is 10.2. The van der Waals surface area contributed by atoms with Crippen molar-refractivity contribution in [3.8, 4) is 0 Å². The van der Waals surface area contributed by atoms with Gasteiger partial charge in [-0.05, 0) is 77.1 Å². The Labute approximate surface area is 230 Å². The molecule has 2 nitrogen and oxygen atoms in total. The van der Waals surface area contributed by atoms with Crippen molar-refractivity contribution in [1.82, 2.24) is 0 Å². The Morgan fingerprint density at radius 1 is 0.744 bits per heavy atom. The van der Waals surface area contributed by atoms with E-state index in [0.29, 0.717) is 0 Å². The lowest BCUT2D eigenvalue weighted by molar-refractivity contribution is 0.758. The van der Waals surface area contributed by atoms with Crippen LogP contribution in [0.15, 0.2) is 151 Å². The van der Waals surface area contributed by atoms with E-state index in [2.05, 4.69) is 145 Å². The first-order valence-corrected chi connectivity index (χ1v) is 13.6. The Morgan fingerprint density at radius 3 is 2.28 bits per heavy atom. The van der Waals surface area contributed by atoms with E-state index in [-0.39, 0.29) is 12.0 Å². The molecule has 1 heterocycles. The summed E-state index contributed by atoms with van der Waals surface area (Å²) in [5.74, 6) is 0.204. The molecule has 1 aliphatic heterocycles. The van der Waals surface area contributed by atoms with Crippen LogP contribution in [0.3, 0.4) is 0 Å². The molecule has 0 radical (unpaired) electrons. The van der Waals surface area contributed by atoms with Gasteiger partial charge in [-0.3, -0.25) is 4.99 Å². The lowest BCUT2D eigenvalue weighted by Gasteiger charge is -2.29. The lowest BCUT2D eigenvalue weighted by atomic mass is 9.83. The molecule has 2 aliphatic rings. The number of fused-ring (bicyclic) bond motifs is 1. The molecule has 0 saturated carbocycles. The van der Waals surface area contributed by atoms with Gasteiger partial charge >= 0.3 is 0 Å². The summed E-state index contributed by atoms with van der Waals surface area (Å²) in [5.41, 5.74) is 8.74. The van der Waals surface area contributed by atoms with E-state index in [1.807, 2.05) is 18.4 Å². The van der Waals surface area contributed by atoms with Crippen molar-refractivity contribution in [3.05, 3.63) is 179 Å². The van der Waals surface area contributed by atoms with Crippen molar-refractivity contribution >= 4 is 16.8 Å². The molecule has 1 N–H and O–H groups in total. The highest BCUT2D eigenvalue weighted by molar-refractivity contribution is 5.77. The molecule has 6 rings (SSSR count). The molecule has 2 unspecified atom stereocenters. The Bertz CT molecular complexity index is 1690. The van der Waals surface area contributed by atoms with Gasteiger partial charge in [-0.15, -0.1) is 0 Å². The van der Waals surface area contributed by atoms with E-state index >= 15 is 0 Å². The first-order valence-electron chi connectivity index (χ1n) is 13.6. The number of hydrogen-bond acceptors (Lipinski definition) is 2. The van der Waals surface area contributed by atoms with Crippen molar-refractivity contribution < 1.29 is 0 Å².